The molecule has 2 heterocycles. The predicted molar refractivity (Wildman–Crippen MR) is 127 cm³/mol. The van der Waals surface area contributed by atoms with Crippen molar-refractivity contribution in [3.05, 3.63) is 75.6 Å². The van der Waals surface area contributed by atoms with Crippen molar-refractivity contribution in [3.63, 3.8) is 0 Å². The molecular formula is C25H26FN5O2. The summed E-state index contributed by atoms with van der Waals surface area (Å²) in [6, 6.07) is 12.0. The fourth-order valence-electron chi connectivity index (χ4n) is 4.18. The largest absolute Gasteiger partial charge is 0.396 e. The van der Waals surface area contributed by atoms with Crippen molar-refractivity contribution in [1.82, 2.24) is 15.3 Å². The molecule has 7 nitrogen and oxygen atoms in total. The summed E-state index contributed by atoms with van der Waals surface area (Å²) < 4.78 is 14.5. The van der Waals surface area contributed by atoms with Gasteiger partial charge in [0.25, 0.3) is 5.56 Å². The van der Waals surface area contributed by atoms with Crippen LogP contribution in [0.2, 0.25) is 0 Å². The Bertz CT molecular complexity index is 1230. The van der Waals surface area contributed by atoms with Crippen LogP contribution in [0.4, 0.5) is 16.0 Å². The number of aromatic amines is 1. The van der Waals surface area contributed by atoms with Crippen LogP contribution in [0.1, 0.15) is 18.4 Å². The highest BCUT2D eigenvalue weighted by Crippen LogP contribution is 2.32. The quantitative estimate of drug-likeness (QED) is 0.504. The van der Waals surface area contributed by atoms with E-state index in [1.807, 2.05) is 36.2 Å². The van der Waals surface area contributed by atoms with Crippen molar-refractivity contribution in [1.29, 1.82) is 0 Å². The van der Waals surface area contributed by atoms with Crippen LogP contribution in [-0.4, -0.2) is 47.9 Å². The first-order chi connectivity index (χ1) is 16.0. The van der Waals surface area contributed by atoms with E-state index in [1.54, 1.807) is 6.07 Å². The first kappa shape index (κ1) is 22.6. The van der Waals surface area contributed by atoms with Crippen molar-refractivity contribution in [2.75, 3.05) is 31.6 Å². The number of halogens is 1. The van der Waals surface area contributed by atoms with E-state index >= 15 is 0 Å². The third kappa shape index (κ3) is 4.80. The molecule has 0 saturated carbocycles. The molecule has 1 aliphatic rings. The van der Waals surface area contributed by atoms with Gasteiger partial charge in [-0.1, -0.05) is 36.4 Å². The summed E-state index contributed by atoms with van der Waals surface area (Å²) in [6.45, 7) is 8.64. The summed E-state index contributed by atoms with van der Waals surface area (Å²) in [5, 5.41) is 12.5. The molecule has 1 aromatic heterocycles. The fourth-order valence-corrected chi connectivity index (χ4v) is 4.18. The molecule has 1 saturated heterocycles. The van der Waals surface area contributed by atoms with Gasteiger partial charge in [-0.3, -0.25) is 9.78 Å². The molecule has 2 aromatic carbocycles. The molecule has 33 heavy (non-hydrogen) atoms. The van der Waals surface area contributed by atoms with Gasteiger partial charge >= 0.3 is 0 Å². The zero-order valence-electron chi connectivity index (χ0n) is 18.4. The third-order valence-corrected chi connectivity index (χ3v) is 6.09. The normalized spacial score (nSPS) is 14.3. The van der Waals surface area contributed by atoms with Crippen LogP contribution < -0.4 is 15.8 Å². The zero-order valence-corrected chi connectivity index (χ0v) is 18.4. The van der Waals surface area contributed by atoms with E-state index in [9.17, 15) is 9.18 Å². The number of hydrogen-bond donors (Lipinski definition) is 3. The van der Waals surface area contributed by atoms with Crippen molar-refractivity contribution in [3.8, 4) is 22.4 Å². The van der Waals surface area contributed by atoms with E-state index in [4.69, 9.17) is 16.7 Å². The zero-order chi connectivity index (χ0) is 23.4. The molecule has 0 bridgehead atoms. The minimum absolute atomic E-state index is 0.0400. The predicted octanol–water partition coefficient (Wildman–Crippen LogP) is 3.52. The molecule has 170 valence electrons. The number of nitrogens with one attached hydrogen (secondary N) is 2. The van der Waals surface area contributed by atoms with Gasteiger partial charge in [0.2, 0.25) is 11.6 Å². The molecule has 4 rings (SSSR count). The lowest BCUT2D eigenvalue weighted by molar-refractivity contribution is 0.299. The van der Waals surface area contributed by atoms with Crippen LogP contribution in [0.25, 0.3) is 27.2 Å². The number of aliphatic hydroxyl groups is 1. The summed E-state index contributed by atoms with van der Waals surface area (Å²) in [5.41, 5.74) is 2.36. The van der Waals surface area contributed by atoms with Gasteiger partial charge in [0.05, 0.1) is 17.8 Å². The van der Waals surface area contributed by atoms with Gasteiger partial charge in [-0.25, -0.2) is 14.2 Å². The number of aromatic nitrogens is 2. The number of H-pyrrole nitrogens is 1. The van der Waals surface area contributed by atoms with Gasteiger partial charge in [0.15, 0.2) is 0 Å². The van der Waals surface area contributed by atoms with Crippen LogP contribution in [0.15, 0.2) is 47.3 Å². The number of piperidine rings is 1. The van der Waals surface area contributed by atoms with E-state index in [0.29, 0.717) is 40.8 Å². The monoisotopic (exact) mass is 447 g/mol. The molecule has 0 aliphatic carbocycles. The summed E-state index contributed by atoms with van der Waals surface area (Å²) in [6.07, 6.45) is 2.38. The van der Waals surface area contributed by atoms with Gasteiger partial charge in [0.1, 0.15) is 5.82 Å². The highest BCUT2D eigenvalue weighted by molar-refractivity contribution is 5.81. The maximum atomic E-state index is 14.5. The Labute approximate surface area is 191 Å². The van der Waals surface area contributed by atoms with Crippen LogP contribution in [0, 0.1) is 12.4 Å². The van der Waals surface area contributed by atoms with Gasteiger partial charge in [0, 0.05) is 31.3 Å². The number of benzene rings is 2. The molecule has 0 unspecified atom stereocenters. The lowest BCUT2D eigenvalue weighted by Gasteiger charge is -2.32. The van der Waals surface area contributed by atoms with Crippen LogP contribution in [0.5, 0.6) is 0 Å². The Morgan fingerprint density at radius 3 is 2.52 bits per heavy atom. The van der Waals surface area contributed by atoms with E-state index < -0.39 is 5.82 Å². The van der Waals surface area contributed by atoms with E-state index in [2.05, 4.69) is 15.1 Å². The smallest absolute Gasteiger partial charge is 0.260 e. The first-order valence-electron chi connectivity index (χ1n) is 11.0. The van der Waals surface area contributed by atoms with Crippen molar-refractivity contribution in [2.45, 2.75) is 25.3 Å². The maximum Gasteiger partial charge on any atom is 0.260 e. The summed E-state index contributed by atoms with van der Waals surface area (Å²) in [4.78, 5) is 26.2. The molecular weight excluding hydrogens is 421 g/mol. The average molecular weight is 448 g/mol. The molecule has 0 atom stereocenters. The number of rotatable bonds is 6. The van der Waals surface area contributed by atoms with Gasteiger partial charge in [-0.2, -0.15) is 0 Å². The van der Waals surface area contributed by atoms with Crippen LogP contribution in [0.3, 0.4) is 0 Å². The standard InChI is InChI=1S/C25H26FN5O2/c1-27-19-9-12-31(13-10-19)25-29-23(18-7-8-21(28-2)20(26)15-18)22(24(33)30-25)17-5-3-16(4-6-17)11-14-32/h3-8,15,19,27,32H,9-14H2,1H3,(H,29,30,33). The SMILES string of the molecule is [C-]#[N+]c1ccc(-c2nc(N3CCC(NC)CC3)[nH]c(=O)c2-c2ccc(CCO)cc2)cc1F. The molecule has 1 aliphatic heterocycles. The molecule has 3 N–H and O–H groups in total. The Morgan fingerprint density at radius 1 is 1.21 bits per heavy atom. The van der Waals surface area contributed by atoms with Crippen molar-refractivity contribution >= 4 is 11.6 Å². The summed E-state index contributed by atoms with van der Waals surface area (Å²) >= 11 is 0. The molecule has 3 aromatic rings. The second kappa shape index (κ2) is 9.94. The molecule has 0 radical (unpaired) electrons. The van der Waals surface area contributed by atoms with Gasteiger partial charge in [-0.15, -0.1) is 0 Å². The Hall–Kier alpha value is -3.54. The first-order valence-corrected chi connectivity index (χ1v) is 11.0. The van der Waals surface area contributed by atoms with E-state index in [0.717, 1.165) is 31.5 Å². The van der Waals surface area contributed by atoms with Crippen LogP contribution in [-0.2, 0) is 6.42 Å². The molecule has 0 spiro atoms. The minimum Gasteiger partial charge on any atom is -0.396 e. The van der Waals surface area contributed by atoms with Crippen molar-refractivity contribution in [2.24, 2.45) is 0 Å². The van der Waals surface area contributed by atoms with Gasteiger partial charge < -0.3 is 15.3 Å². The Kier molecular flexibility index (Phi) is 6.82. The number of aliphatic hydroxyl groups excluding tert-OH is 1. The maximum absolute atomic E-state index is 14.5. The van der Waals surface area contributed by atoms with Crippen LogP contribution >= 0.6 is 0 Å². The van der Waals surface area contributed by atoms with E-state index in [-0.39, 0.29) is 17.9 Å². The highest BCUT2D eigenvalue weighted by atomic mass is 19.1. The highest BCUT2D eigenvalue weighted by Gasteiger charge is 2.23. The van der Waals surface area contributed by atoms with Crippen molar-refractivity contribution < 1.29 is 9.50 Å². The third-order valence-electron chi connectivity index (χ3n) is 6.09. The molecule has 0 amide bonds. The number of hydrogen-bond acceptors (Lipinski definition) is 5. The Balaban J connectivity index is 1.82. The lowest BCUT2D eigenvalue weighted by Crippen LogP contribution is -2.42. The van der Waals surface area contributed by atoms with Gasteiger partial charge in [-0.05, 0) is 43.5 Å². The number of anilines is 1. The number of nitrogens with zero attached hydrogens (tertiary/aromatic N) is 3. The molecule has 8 heteroatoms. The molecule has 1 fully saturated rings. The summed E-state index contributed by atoms with van der Waals surface area (Å²) in [5.74, 6) is -0.190. The summed E-state index contributed by atoms with van der Waals surface area (Å²) in [7, 11) is 1.94. The second-order valence-corrected chi connectivity index (χ2v) is 8.11. The minimum atomic E-state index is -0.648. The average Bonchev–Trinajstić information content (AvgIpc) is 2.84. The lowest BCUT2D eigenvalue weighted by atomic mass is 9.98. The van der Waals surface area contributed by atoms with E-state index in [1.165, 1.54) is 12.1 Å². The fraction of sp³-hybridized carbons (Fsp3) is 0.320. The second-order valence-electron chi connectivity index (χ2n) is 8.11. The topological polar surface area (TPSA) is 85.6 Å². The Morgan fingerprint density at radius 2 is 1.91 bits per heavy atom.